The number of rotatable bonds is 4. The van der Waals surface area contributed by atoms with Crippen molar-refractivity contribution in [1.29, 1.82) is 0 Å². The molecule has 1 heterocycles. The molecular weight excluding hydrogens is 216 g/mol. The van der Waals surface area contributed by atoms with Crippen LogP contribution in [0.15, 0.2) is 24.3 Å². The van der Waals surface area contributed by atoms with Crippen molar-refractivity contribution >= 4 is 5.95 Å². The van der Waals surface area contributed by atoms with Crippen LogP contribution < -0.4 is 10.5 Å². The van der Waals surface area contributed by atoms with Crippen molar-refractivity contribution in [2.45, 2.75) is 26.4 Å². The summed E-state index contributed by atoms with van der Waals surface area (Å²) in [6.07, 6.45) is 0. The van der Waals surface area contributed by atoms with Gasteiger partial charge in [-0.1, -0.05) is 26.0 Å². The molecule has 2 rings (SSSR count). The Morgan fingerprint density at radius 3 is 2.53 bits per heavy atom. The zero-order valence-electron chi connectivity index (χ0n) is 9.97. The molecule has 0 atom stereocenters. The molecule has 5 heteroatoms. The number of hydrogen-bond acceptors (Lipinski definition) is 4. The minimum atomic E-state index is 0.235. The molecule has 0 fully saturated rings. The lowest BCUT2D eigenvalue weighted by Gasteiger charge is -2.07. The highest BCUT2D eigenvalue weighted by Gasteiger charge is 2.02. The summed E-state index contributed by atoms with van der Waals surface area (Å²) < 4.78 is 5.55. The second-order valence-electron chi connectivity index (χ2n) is 4.15. The fourth-order valence-electron chi connectivity index (χ4n) is 1.48. The van der Waals surface area contributed by atoms with Crippen molar-refractivity contribution in [3.05, 3.63) is 35.7 Å². The molecule has 90 valence electrons. The third-order valence-corrected chi connectivity index (χ3v) is 2.47. The fourth-order valence-corrected chi connectivity index (χ4v) is 1.48. The fraction of sp³-hybridized carbons (Fsp3) is 0.333. The van der Waals surface area contributed by atoms with Crippen molar-refractivity contribution in [1.82, 2.24) is 15.2 Å². The second-order valence-corrected chi connectivity index (χ2v) is 4.15. The summed E-state index contributed by atoms with van der Waals surface area (Å²) in [5, 5.41) is 6.42. The van der Waals surface area contributed by atoms with Crippen molar-refractivity contribution in [3.8, 4) is 5.75 Å². The highest BCUT2D eigenvalue weighted by molar-refractivity contribution is 5.29. The summed E-state index contributed by atoms with van der Waals surface area (Å²) >= 11 is 0. The number of H-pyrrole nitrogens is 1. The summed E-state index contributed by atoms with van der Waals surface area (Å²) in [6.45, 7) is 4.66. The molecule has 0 saturated heterocycles. The lowest BCUT2D eigenvalue weighted by atomic mass is 10.0. The molecule has 0 bridgehead atoms. The number of nitrogens with two attached hydrogens (primary N) is 1. The number of ether oxygens (including phenoxy) is 1. The highest BCUT2D eigenvalue weighted by atomic mass is 16.5. The van der Waals surface area contributed by atoms with Crippen molar-refractivity contribution < 1.29 is 4.74 Å². The Bertz CT molecular complexity index is 476. The maximum atomic E-state index is 5.55. The van der Waals surface area contributed by atoms with Gasteiger partial charge in [-0.05, 0) is 23.6 Å². The van der Waals surface area contributed by atoms with Gasteiger partial charge < -0.3 is 10.5 Å². The number of anilines is 1. The predicted octanol–water partition coefficient (Wildman–Crippen LogP) is 2.09. The molecule has 3 N–H and O–H groups in total. The first kappa shape index (κ1) is 11.4. The average molecular weight is 232 g/mol. The summed E-state index contributed by atoms with van der Waals surface area (Å²) in [7, 11) is 0. The van der Waals surface area contributed by atoms with Gasteiger partial charge in [-0.3, -0.25) is 5.10 Å². The maximum absolute atomic E-state index is 5.55. The monoisotopic (exact) mass is 232 g/mol. The van der Waals surface area contributed by atoms with E-state index in [1.807, 2.05) is 12.1 Å². The van der Waals surface area contributed by atoms with Crippen LogP contribution in [0.5, 0.6) is 5.75 Å². The highest BCUT2D eigenvalue weighted by Crippen LogP contribution is 2.19. The molecule has 5 nitrogen and oxygen atoms in total. The molecular formula is C12H16N4O. The van der Waals surface area contributed by atoms with E-state index < -0.39 is 0 Å². The standard InChI is InChI=1S/C12H16N4O/c1-8(2)9-3-5-10(6-4-9)17-7-11-14-12(13)16-15-11/h3-6,8H,7H2,1-2H3,(H3,13,14,15,16). The molecule has 0 aliphatic heterocycles. The third kappa shape index (κ3) is 2.96. The van der Waals surface area contributed by atoms with Crippen LogP contribution in [0.25, 0.3) is 0 Å². The summed E-state index contributed by atoms with van der Waals surface area (Å²) in [4.78, 5) is 3.96. The van der Waals surface area contributed by atoms with Gasteiger partial charge in [-0.25, -0.2) is 0 Å². The molecule has 0 unspecified atom stereocenters. The normalized spacial score (nSPS) is 10.8. The largest absolute Gasteiger partial charge is 0.486 e. The Hall–Kier alpha value is -2.04. The molecule has 0 amide bonds. The Balaban J connectivity index is 1.95. The molecule has 0 spiro atoms. The first-order chi connectivity index (χ1) is 8.15. The number of benzene rings is 1. The van der Waals surface area contributed by atoms with Crippen molar-refractivity contribution in [2.24, 2.45) is 0 Å². The minimum Gasteiger partial charge on any atom is -0.486 e. The van der Waals surface area contributed by atoms with E-state index in [-0.39, 0.29) is 5.95 Å². The second kappa shape index (κ2) is 4.86. The van der Waals surface area contributed by atoms with Crippen LogP contribution >= 0.6 is 0 Å². The zero-order valence-corrected chi connectivity index (χ0v) is 9.97. The predicted molar refractivity (Wildman–Crippen MR) is 65.7 cm³/mol. The van der Waals surface area contributed by atoms with E-state index in [0.29, 0.717) is 18.3 Å². The number of nitrogen functional groups attached to an aromatic ring is 1. The maximum Gasteiger partial charge on any atom is 0.239 e. The summed E-state index contributed by atoms with van der Waals surface area (Å²) in [5.41, 5.74) is 6.68. The topological polar surface area (TPSA) is 76.8 Å². The average Bonchev–Trinajstić information content (AvgIpc) is 2.73. The van der Waals surface area contributed by atoms with E-state index in [9.17, 15) is 0 Å². The van der Waals surface area contributed by atoms with Crippen molar-refractivity contribution in [2.75, 3.05) is 5.73 Å². The van der Waals surface area contributed by atoms with Crippen LogP contribution in [0, 0.1) is 0 Å². The minimum absolute atomic E-state index is 0.235. The van der Waals surface area contributed by atoms with Gasteiger partial charge in [0.05, 0.1) is 0 Å². The SMILES string of the molecule is CC(C)c1ccc(OCc2nc(N)n[nH]2)cc1. The van der Waals surface area contributed by atoms with Crippen LogP contribution in [0.1, 0.15) is 31.2 Å². The smallest absolute Gasteiger partial charge is 0.239 e. The lowest BCUT2D eigenvalue weighted by molar-refractivity contribution is 0.296. The zero-order chi connectivity index (χ0) is 12.3. The molecule has 0 saturated carbocycles. The van der Waals surface area contributed by atoms with Crippen LogP contribution in [0.2, 0.25) is 0 Å². The van der Waals surface area contributed by atoms with Gasteiger partial charge in [0.15, 0.2) is 5.82 Å². The van der Waals surface area contributed by atoms with Gasteiger partial charge in [0, 0.05) is 0 Å². The van der Waals surface area contributed by atoms with Gasteiger partial charge in [0.25, 0.3) is 0 Å². The third-order valence-electron chi connectivity index (χ3n) is 2.47. The number of nitrogens with zero attached hydrogens (tertiary/aromatic N) is 2. The van der Waals surface area contributed by atoms with Gasteiger partial charge in [-0.15, -0.1) is 5.10 Å². The number of nitrogens with one attached hydrogen (secondary N) is 1. The van der Waals surface area contributed by atoms with Crippen LogP contribution in [-0.2, 0) is 6.61 Å². The molecule has 0 radical (unpaired) electrons. The Morgan fingerprint density at radius 2 is 2.00 bits per heavy atom. The lowest BCUT2D eigenvalue weighted by Crippen LogP contribution is -1.98. The van der Waals surface area contributed by atoms with E-state index in [0.717, 1.165) is 5.75 Å². The molecule has 0 aliphatic rings. The molecule has 1 aromatic heterocycles. The van der Waals surface area contributed by atoms with E-state index >= 15 is 0 Å². The van der Waals surface area contributed by atoms with E-state index in [4.69, 9.17) is 10.5 Å². The van der Waals surface area contributed by atoms with Gasteiger partial charge in [0.1, 0.15) is 12.4 Å². The Kier molecular flexibility index (Phi) is 3.27. The molecule has 17 heavy (non-hydrogen) atoms. The van der Waals surface area contributed by atoms with Crippen LogP contribution in [-0.4, -0.2) is 15.2 Å². The van der Waals surface area contributed by atoms with E-state index in [2.05, 4.69) is 41.2 Å². The number of hydrogen-bond donors (Lipinski definition) is 2. The van der Waals surface area contributed by atoms with Crippen LogP contribution in [0.4, 0.5) is 5.95 Å². The van der Waals surface area contributed by atoms with Gasteiger partial charge >= 0.3 is 0 Å². The molecule has 2 aromatic rings. The Morgan fingerprint density at radius 1 is 1.29 bits per heavy atom. The molecule has 0 aliphatic carbocycles. The van der Waals surface area contributed by atoms with Gasteiger partial charge in [0.2, 0.25) is 5.95 Å². The van der Waals surface area contributed by atoms with E-state index in [1.54, 1.807) is 0 Å². The summed E-state index contributed by atoms with van der Waals surface area (Å²) in [6, 6.07) is 8.04. The number of aromatic amines is 1. The van der Waals surface area contributed by atoms with Gasteiger partial charge in [-0.2, -0.15) is 4.98 Å². The summed E-state index contributed by atoms with van der Waals surface area (Å²) in [5.74, 6) is 2.19. The Labute approximate surface area is 100 Å². The first-order valence-electron chi connectivity index (χ1n) is 5.54. The van der Waals surface area contributed by atoms with E-state index in [1.165, 1.54) is 5.56 Å². The quantitative estimate of drug-likeness (QED) is 0.846. The van der Waals surface area contributed by atoms with Crippen LogP contribution in [0.3, 0.4) is 0 Å². The number of aromatic nitrogens is 3. The molecule has 1 aromatic carbocycles. The first-order valence-corrected chi connectivity index (χ1v) is 5.54. The van der Waals surface area contributed by atoms with Crippen molar-refractivity contribution in [3.63, 3.8) is 0 Å².